The van der Waals surface area contributed by atoms with Gasteiger partial charge in [-0.15, -0.1) is 0 Å². The van der Waals surface area contributed by atoms with Gasteiger partial charge in [-0.2, -0.15) is 0 Å². The van der Waals surface area contributed by atoms with Crippen molar-refractivity contribution in [3.63, 3.8) is 0 Å². The number of carbonyl (C=O) groups is 4. The van der Waals surface area contributed by atoms with E-state index >= 15 is 0 Å². The van der Waals surface area contributed by atoms with Gasteiger partial charge in [-0.05, 0) is 70.9 Å². The summed E-state index contributed by atoms with van der Waals surface area (Å²) in [5, 5.41) is 2.59. The van der Waals surface area contributed by atoms with E-state index in [9.17, 15) is 19.2 Å². The zero-order valence-electron chi connectivity index (χ0n) is 16.2. The lowest BCUT2D eigenvalue weighted by atomic mass is 10.1. The molecule has 1 heterocycles. The Morgan fingerprint density at radius 2 is 1.87 bits per heavy atom. The van der Waals surface area contributed by atoms with Gasteiger partial charge in [0.05, 0.1) is 16.8 Å². The number of barbiturate groups is 1. The monoisotopic (exact) mass is 506 g/mol. The molecular weight excluding hydrogens is 492 g/mol. The minimum Gasteiger partial charge on any atom is -0.481 e. The van der Waals surface area contributed by atoms with Gasteiger partial charge in [0.25, 0.3) is 11.8 Å². The maximum Gasteiger partial charge on any atom is 0.344 e. The van der Waals surface area contributed by atoms with Crippen LogP contribution in [0.25, 0.3) is 6.08 Å². The largest absolute Gasteiger partial charge is 0.481 e. The normalized spacial score (nSPS) is 15.1. The van der Waals surface area contributed by atoms with Crippen LogP contribution in [0.5, 0.6) is 5.75 Å². The van der Waals surface area contributed by atoms with Crippen LogP contribution < -0.4 is 15.0 Å². The number of imide groups is 2. The van der Waals surface area contributed by atoms with Gasteiger partial charge in [0.15, 0.2) is 6.61 Å². The molecule has 0 unspecified atom stereocenters. The third-order valence-corrected chi connectivity index (χ3v) is 4.98. The lowest BCUT2D eigenvalue weighted by Crippen LogP contribution is -2.54. The number of hydrogen-bond donors (Lipinski definition) is 1. The Kier molecular flexibility index (Phi) is 7.09. The molecule has 1 aliphatic rings. The van der Waals surface area contributed by atoms with E-state index in [2.05, 4.69) is 21.2 Å². The molecule has 31 heavy (non-hydrogen) atoms. The Labute approximate surface area is 190 Å². The molecule has 1 fully saturated rings. The topological polar surface area (TPSA) is 102 Å². The van der Waals surface area contributed by atoms with E-state index in [0.717, 1.165) is 4.90 Å². The van der Waals surface area contributed by atoms with Crippen molar-refractivity contribution in [1.82, 2.24) is 5.32 Å². The highest BCUT2D eigenvalue weighted by atomic mass is 79.9. The van der Waals surface area contributed by atoms with Crippen LogP contribution in [0.1, 0.15) is 12.5 Å². The standard InChI is InChI=1S/C21H16BrClN2O6/c1-2-30-18(26)11-31-17-8-3-12(10-16(17)22)9-15-19(27)24-21(29)25(20(15)28)14-6-4-13(23)5-7-14/h3-10H,2,11H2,1H3,(H,24,27,29)/b15-9+. The minimum absolute atomic E-state index is 0.221. The summed E-state index contributed by atoms with van der Waals surface area (Å²) in [4.78, 5) is 49.7. The molecule has 1 saturated heterocycles. The van der Waals surface area contributed by atoms with Crippen LogP contribution in [0.4, 0.5) is 10.5 Å². The van der Waals surface area contributed by atoms with E-state index in [1.807, 2.05) is 0 Å². The summed E-state index contributed by atoms with van der Waals surface area (Å²) in [5.74, 6) is -1.70. The first-order chi connectivity index (χ1) is 14.8. The first-order valence-corrected chi connectivity index (χ1v) is 10.2. The Balaban J connectivity index is 1.84. The van der Waals surface area contributed by atoms with Crippen LogP contribution in [0.2, 0.25) is 5.02 Å². The van der Waals surface area contributed by atoms with Gasteiger partial charge in [0.2, 0.25) is 0 Å². The highest BCUT2D eigenvalue weighted by Gasteiger charge is 2.36. The molecule has 0 spiro atoms. The molecule has 8 nitrogen and oxygen atoms in total. The van der Waals surface area contributed by atoms with Crippen LogP contribution in [-0.4, -0.2) is 37.0 Å². The van der Waals surface area contributed by atoms with Gasteiger partial charge in [-0.1, -0.05) is 17.7 Å². The first-order valence-electron chi connectivity index (χ1n) is 9.05. The molecule has 2 aromatic rings. The summed E-state index contributed by atoms with van der Waals surface area (Å²) < 4.78 is 10.7. The van der Waals surface area contributed by atoms with Crippen LogP contribution in [0.15, 0.2) is 52.5 Å². The van der Waals surface area contributed by atoms with Gasteiger partial charge < -0.3 is 9.47 Å². The number of ether oxygens (including phenoxy) is 2. The maximum atomic E-state index is 12.9. The Bertz CT molecular complexity index is 1080. The third kappa shape index (κ3) is 5.31. The Hall–Kier alpha value is -3.17. The van der Waals surface area contributed by atoms with Gasteiger partial charge in [0, 0.05) is 5.02 Å². The van der Waals surface area contributed by atoms with E-state index in [0.29, 0.717) is 20.8 Å². The molecule has 0 atom stereocenters. The van der Waals surface area contributed by atoms with E-state index in [1.165, 1.54) is 30.3 Å². The molecule has 2 aromatic carbocycles. The van der Waals surface area contributed by atoms with Crippen molar-refractivity contribution in [3.8, 4) is 5.75 Å². The second-order valence-electron chi connectivity index (χ2n) is 6.22. The zero-order chi connectivity index (χ0) is 22.5. The van der Waals surface area contributed by atoms with Crippen molar-refractivity contribution in [2.24, 2.45) is 0 Å². The fourth-order valence-corrected chi connectivity index (χ4v) is 3.35. The second kappa shape index (κ2) is 9.76. The SMILES string of the molecule is CCOC(=O)COc1ccc(/C=C2\C(=O)NC(=O)N(c3ccc(Cl)cc3)C2=O)cc1Br. The second-order valence-corrected chi connectivity index (χ2v) is 7.51. The average Bonchev–Trinajstić information content (AvgIpc) is 2.72. The predicted octanol–water partition coefficient (Wildman–Crippen LogP) is 3.71. The van der Waals surface area contributed by atoms with Gasteiger partial charge >= 0.3 is 12.0 Å². The zero-order valence-corrected chi connectivity index (χ0v) is 18.5. The van der Waals surface area contributed by atoms with Crippen molar-refractivity contribution in [2.75, 3.05) is 18.1 Å². The highest BCUT2D eigenvalue weighted by molar-refractivity contribution is 9.10. The van der Waals surface area contributed by atoms with Crippen LogP contribution in [0.3, 0.4) is 0 Å². The summed E-state index contributed by atoms with van der Waals surface area (Å²) in [6.45, 7) is 1.69. The maximum absolute atomic E-state index is 12.9. The summed E-state index contributed by atoms with van der Waals surface area (Å²) in [6, 6.07) is 9.99. The summed E-state index contributed by atoms with van der Waals surface area (Å²) in [6.07, 6.45) is 1.35. The number of esters is 1. The van der Waals surface area contributed by atoms with E-state index in [1.54, 1.807) is 25.1 Å². The number of nitrogens with zero attached hydrogens (tertiary/aromatic N) is 1. The molecule has 1 aliphatic heterocycles. The van der Waals surface area contributed by atoms with Crippen molar-refractivity contribution in [1.29, 1.82) is 0 Å². The van der Waals surface area contributed by atoms with Gasteiger partial charge in [-0.25, -0.2) is 14.5 Å². The van der Waals surface area contributed by atoms with E-state index < -0.39 is 23.8 Å². The molecule has 4 amide bonds. The fourth-order valence-electron chi connectivity index (χ4n) is 2.71. The molecule has 10 heteroatoms. The van der Waals surface area contributed by atoms with Gasteiger partial charge in [-0.3, -0.25) is 14.9 Å². The Morgan fingerprint density at radius 1 is 1.16 bits per heavy atom. The lowest BCUT2D eigenvalue weighted by Gasteiger charge is -2.26. The van der Waals surface area contributed by atoms with Crippen molar-refractivity contribution < 1.29 is 28.7 Å². The molecule has 160 valence electrons. The molecule has 0 bridgehead atoms. The molecule has 0 radical (unpaired) electrons. The van der Waals surface area contributed by atoms with Crippen LogP contribution in [0, 0.1) is 0 Å². The molecular formula is C21H16BrClN2O6. The van der Waals surface area contributed by atoms with E-state index in [-0.39, 0.29) is 24.5 Å². The molecule has 0 saturated carbocycles. The molecule has 1 N–H and O–H groups in total. The number of carbonyl (C=O) groups excluding carboxylic acids is 4. The lowest BCUT2D eigenvalue weighted by molar-refractivity contribution is -0.145. The number of hydrogen-bond acceptors (Lipinski definition) is 6. The Morgan fingerprint density at radius 3 is 2.52 bits per heavy atom. The van der Waals surface area contributed by atoms with Gasteiger partial charge in [0.1, 0.15) is 11.3 Å². The number of urea groups is 1. The van der Waals surface area contributed by atoms with Crippen LogP contribution in [-0.2, 0) is 19.1 Å². The van der Waals surface area contributed by atoms with Crippen LogP contribution >= 0.6 is 27.5 Å². The number of anilines is 1. The number of benzene rings is 2. The average molecular weight is 508 g/mol. The smallest absolute Gasteiger partial charge is 0.344 e. The highest BCUT2D eigenvalue weighted by Crippen LogP contribution is 2.28. The number of rotatable bonds is 6. The molecule has 0 aliphatic carbocycles. The minimum atomic E-state index is -0.849. The third-order valence-electron chi connectivity index (χ3n) is 4.10. The number of halogens is 2. The van der Waals surface area contributed by atoms with Crippen molar-refractivity contribution in [2.45, 2.75) is 6.92 Å². The van der Waals surface area contributed by atoms with Crippen molar-refractivity contribution >= 4 is 63.1 Å². The predicted molar refractivity (Wildman–Crippen MR) is 117 cm³/mol. The number of nitrogens with one attached hydrogen (secondary N) is 1. The quantitative estimate of drug-likeness (QED) is 0.363. The van der Waals surface area contributed by atoms with E-state index in [4.69, 9.17) is 21.1 Å². The summed E-state index contributed by atoms with van der Waals surface area (Å²) in [7, 11) is 0. The summed E-state index contributed by atoms with van der Waals surface area (Å²) >= 11 is 9.18. The fraction of sp³-hybridized carbons (Fsp3) is 0.143. The number of amides is 4. The summed E-state index contributed by atoms with van der Waals surface area (Å²) in [5.41, 5.74) is 0.551. The first kappa shape index (κ1) is 22.5. The van der Waals surface area contributed by atoms with Crippen molar-refractivity contribution in [3.05, 3.63) is 63.1 Å². The molecule has 3 rings (SSSR count). The molecule has 0 aromatic heterocycles.